The third-order valence-corrected chi connectivity index (χ3v) is 14.0. The van der Waals surface area contributed by atoms with Crippen LogP contribution in [0.25, 0.3) is 34.1 Å². The Morgan fingerprint density at radius 1 is 0.965 bits per heavy atom. The number of aromatic amines is 1. The van der Waals surface area contributed by atoms with Crippen LogP contribution in [0.4, 0.5) is 10.6 Å². The summed E-state index contributed by atoms with van der Waals surface area (Å²) in [5.41, 5.74) is 4.27. The number of anilines is 1. The number of nitrogens with one attached hydrogen (secondary N) is 1. The average molecular weight is 817 g/mol. The molecule has 2 aliphatic heterocycles. The molecule has 15 heteroatoms. The highest BCUT2D eigenvalue weighted by molar-refractivity contribution is 6.76. The first kappa shape index (κ1) is 42.5. The highest BCUT2D eigenvalue weighted by Crippen LogP contribution is 2.47. The average Bonchev–Trinajstić information content (AvgIpc) is 3.87. The Kier molecular flexibility index (Phi) is 13.0. The van der Waals surface area contributed by atoms with Crippen molar-refractivity contribution in [2.75, 3.05) is 38.2 Å². The number of imidazole rings is 1. The minimum Gasteiger partial charge on any atom is -0.494 e. The van der Waals surface area contributed by atoms with E-state index in [1.165, 1.54) is 0 Å². The molecular weight excluding hydrogens is 753 g/mol. The van der Waals surface area contributed by atoms with Crippen molar-refractivity contribution in [3.8, 4) is 22.6 Å². The molecule has 13 nitrogen and oxygen atoms in total. The number of carbonyl (C=O) groups is 1. The monoisotopic (exact) mass is 816 g/mol. The Labute approximate surface area is 340 Å². The van der Waals surface area contributed by atoms with Gasteiger partial charge in [0.2, 0.25) is 0 Å². The van der Waals surface area contributed by atoms with Gasteiger partial charge in [0.05, 0.1) is 24.1 Å². The van der Waals surface area contributed by atoms with Crippen molar-refractivity contribution >= 4 is 39.5 Å². The van der Waals surface area contributed by atoms with Crippen molar-refractivity contribution in [2.24, 2.45) is 0 Å². The SMILES string of the molecule is C=C(OCC)c1c(C2CC3CC[C@H](C2)N3C(=O)OC(C)(C)C)nc2c(-c3ccc(-c4ncc[nH]4)nc3)cnn2c1N(COCC[Si](C)(C)C)COCC[Si](C)(C)C. The van der Waals surface area contributed by atoms with Crippen LogP contribution in [0, 0.1) is 0 Å². The topological polar surface area (TPSA) is 132 Å². The molecule has 2 fully saturated rings. The molecule has 2 unspecified atom stereocenters. The van der Waals surface area contributed by atoms with Crippen LogP contribution in [0.1, 0.15) is 70.6 Å². The Morgan fingerprint density at radius 2 is 1.61 bits per heavy atom. The van der Waals surface area contributed by atoms with Crippen LogP contribution >= 0.6 is 0 Å². The van der Waals surface area contributed by atoms with E-state index in [4.69, 9.17) is 34.0 Å². The second-order valence-electron chi connectivity index (χ2n) is 18.9. The Morgan fingerprint density at radius 3 is 2.14 bits per heavy atom. The summed E-state index contributed by atoms with van der Waals surface area (Å²) in [6.07, 6.45) is 10.3. The summed E-state index contributed by atoms with van der Waals surface area (Å²) >= 11 is 0. The van der Waals surface area contributed by atoms with Crippen molar-refractivity contribution < 1.29 is 23.7 Å². The van der Waals surface area contributed by atoms with E-state index in [0.29, 0.717) is 50.5 Å². The van der Waals surface area contributed by atoms with Gasteiger partial charge in [-0.1, -0.05) is 51.9 Å². The number of hydrogen-bond donors (Lipinski definition) is 1. The molecule has 0 radical (unpaired) electrons. The fraction of sp³-hybridized carbons (Fsp3) is 0.595. The van der Waals surface area contributed by atoms with Crippen molar-refractivity contribution in [2.45, 2.75) is 128 Å². The normalized spacial score (nSPS) is 18.6. The lowest BCUT2D eigenvalue weighted by Gasteiger charge is -2.40. The summed E-state index contributed by atoms with van der Waals surface area (Å²) in [5, 5.41) is 5.03. The quantitative estimate of drug-likeness (QED) is 0.0476. The molecule has 2 saturated heterocycles. The summed E-state index contributed by atoms with van der Waals surface area (Å²) in [6, 6.07) is 6.14. The lowest BCUT2D eigenvalue weighted by Crippen LogP contribution is -2.48. The molecule has 6 rings (SSSR count). The molecule has 57 heavy (non-hydrogen) atoms. The lowest BCUT2D eigenvalue weighted by molar-refractivity contribution is 0.00566. The molecule has 3 atom stereocenters. The van der Waals surface area contributed by atoms with Gasteiger partial charge in [0.15, 0.2) is 11.5 Å². The Bertz CT molecular complexity index is 1950. The maximum atomic E-state index is 13.5. The first-order valence-electron chi connectivity index (χ1n) is 20.5. The van der Waals surface area contributed by atoms with Gasteiger partial charge in [0.25, 0.3) is 0 Å². The molecule has 0 aromatic carbocycles. The lowest BCUT2D eigenvalue weighted by atomic mass is 9.85. The maximum absolute atomic E-state index is 13.5. The first-order chi connectivity index (χ1) is 26.9. The fourth-order valence-corrected chi connectivity index (χ4v) is 9.19. The molecule has 4 aromatic heterocycles. The number of fused-ring (bicyclic) bond motifs is 3. The second kappa shape index (κ2) is 17.4. The Hall–Kier alpha value is -4.06. The van der Waals surface area contributed by atoms with Crippen LogP contribution in [0.15, 0.2) is 43.5 Å². The van der Waals surface area contributed by atoms with E-state index in [1.807, 2.05) is 61.6 Å². The van der Waals surface area contributed by atoms with Crippen molar-refractivity contribution in [1.29, 1.82) is 0 Å². The number of amides is 1. The van der Waals surface area contributed by atoms with Gasteiger partial charge in [0.1, 0.15) is 36.3 Å². The third kappa shape index (κ3) is 10.5. The molecule has 6 heterocycles. The minimum atomic E-state index is -1.35. The van der Waals surface area contributed by atoms with E-state index < -0.39 is 21.7 Å². The van der Waals surface area contributed by atoms with Crippen molar-refractivity contribution in [3.63, 3.8) is 0 Å². The van der Waals surface area contributed by atoms with Crippen LogP contribution in [0.5, 0.6) is 0 Å². The molecule has 2 bridgehead atoms. The van der Waals surface area contributed by atoms with Gasteiger partial charge in [-0.2, -0.15) is 9.61 Å². The van der Waals surface area contributed by atoms with Crippen LogP contribution in [0.2, 0.25) is 51.4 Å². The van der Waals surface area contributed by atoms with Crippen LogP contribution in [-0.2, 0) is 18.9 Å². The van der Waals surface area contributed by atoms with Gasteiger partial charge < -0.3 is 33.7 Å². The summed E-state index contributed by atoms with van der Waals surface area (Å²) in [4.78, 5) is 35.4. The van der Waals surface area contributed by atoms with E-state index >= 15 is 0 Å². The number of ether oxygens (including phenoxy) is 4. The highest BCUT2D eigenvalue weighted by atomic mass is 28.3. The summed E-state index contributed by atoms with van der Waals surface area (Å²) in [7, 11) is -2.69. The molecular formula is C42H64N8O5Si2. The largest absolute Gasteiger partial charge is 0.494 e. The number of hydrogen-bond acceptors (Lipinski definition) is 10. The number of H-pyrrole nitrogens is 1. The van der Waals surface area contributed by atoms with Gasteiger partial charge in [-0.3, -0.25) is 4.98 Å². The molecule has 0 saturated carbocycles. The molecule has 0 aliphatic carbocycles. The van der Waals surface area contributed by atoms with Crippen LogP contribution in [-0.4, -0.2) is 108 Å². The van der Waals surface area contributed by atoms with E-state index in [1.54, 1.807) is 12.4 Å². The predicted molar refractivity (Wildman–Crippen MR) is 232 cm³/mol. The molecule has 1 N–H and O–H groups in total. The number of nitrogens with zero attached hydrogens (tertiary/aromatic N) is 7. The fourth-order valence-electron chi connectivity index (χ4n) is 7.68. The number of piperidine rings is 1. The number of pyridine rings is 1. The van der Waals surface area contributed by atoms with Gasteiger partial charge >= 0.3 is 6.09 Å². The van der Waals surface area contributed by atoms with Gasteiger partial charge in [-0.15, -0.1) is 0 Å². The van der Waals surface area contributed by atoms with Gasteiger partial charge in [0, 0.05) is 77.1 Å². The molecule has 0 spiro atoms. The zero-order valence-corrected chi connectivity index (χ0v) is 37.9. The van der Waals surface area contributed by atoms with E-state index in [0.717, 1.165) is 71.7 Å². The third-order valence-electron chi connectivity index (χ3n) is 10.6. The summed E-state index contributed by atoms with van der Waals surface area (Å²) < 4.78 is 27.1. The standard InChI is InChI=1S/C42H64N8O5Si2/c1-12-54-29(2)36-37(31-23-32-14-15-33(24-31)49(32)41(51)55-42(3,4)5)47-39-34(30-13-16-35(45-25-30)38-43-17-18-44-38)26-46-50(39)40(36)48(27-52-19-21-56(6,7)8)28-53-20-22-57(9,10)11/h13,16-18,25-26,31-33H,2,12,14-15,19-24,27-28H2,1,3-11H3,(H,43,44)/t31?,32-,33?/m1/s1. The van der Waals surface area contributed by atoms with Crippen LogP contribution < -0.4 is 4.90 Å². The van der Waals surface area contributed by atoms with E-state index in [2.05, 4.69) is 60.7 Å². The summed E-state index contributed by atoms with van der Waals surface area (Å²) in [6.45, 7) is 28.7. The highest BCUT2D eigenvalue weighted by Gasteiger charge is 2.46. The second-order valence-corrected chi connectivity index (χ2v) is 30.1. The van der Waals surface area contributed by atoms with Crippen molar-refractivity contribution in [3.05, 3.63) is 54.8 Å². The first-order valence-corrected chi connectivity index (χ1v) is 28.0. The predicted octanol–water partition coefficient (Wildman–Crippen LogP) is 9.27. The number of rotatable bonds is 17. The summed E-state index contributed by atoms with van der Waals surface area (Å²) in [5.74, 6) is 2.01. The van der Waals surface area contributed by atoms with E-state index in [-0.39, 0.29) is 24.1 Å². The maximum Gasteiger partial charge on any atom is 0.410 e. The molecule has 310 valence electrons. The van der Waals surface area contributed by atoms with E-state index in [9.17, 15) is 4.79 Å². The van der Waals surface area contributed by atoms with Crippen LogP contribution in [0.3, 0.4) is 0 Å². The van der Waals surface area contributed by atoms with Gasteiger partial charge in [-0.05, 0) is 71.5 Å². The zero-order valence-electron chi connectivity index (χ0n) is 35.9. The minimum absolute atomic E-state index is 0.0156. The molecule has 4 aromatic rings. The van der Waals surface area contributed by atoms with Gasteiger partial charge in [-0.25, -0.2) is 14.8 Å². The molecule has 1 amide bonds. The molecule has 2 aliphatic rings. The number of aromatic nitrogens is 6. The Balaban J connectivity index is 1.48. The zero-order chi connectivity index (χ0) is 41.1. The number of carbonyl (C=O) groups excluding carboxylic acids is 1. The smallest absolute Gasteiger partial charge is 0.410 e. The van der Waals surface area contributed by atoms with Crippen molar-refractivity contribution in [1.82, 2.24) is 34.4 Å².